The van der Waals surface area contributed by atoms with Crippen LogP contribution in [0.25, 0.3) is 0 Å². The van der Waals surface area contributed by atoms with Crippen LogP contribution in [0.1, 0.15) is 32.1 Å². The van der Waals surface area contributed by atoms with E-state index in [9.17, 15) is 0 Å². The summed E-state index contributed by atoms with van der Waals surface area (Å²) in [6.45, 7) is 5.80. The predicted molar refractivity (Wildman–Crippen MR) is 74.9 cm³/mol. The standard InChI is InChI=1S/C14H25N5/c1-17-9-11-18(12-10-17)14(5-3-2-4-6-14)13-19-8-7-15-16-19/h7-8H,2-6,9-13H2,1H3. The highest BCUT2D eigenvalue weighted by Gasteiger charge is 2.39. The maximum atomic E-state index is 4.19. The summed E-state index contributed by atoms with van der Waals surface area (Å²) in [5, 5.41) is 8.16. The Kier molecular flexibility index (Phi) is 3.84. The molecule has 1 aromatic rings. The molecule has 2 fully saturated rings. The lowest BCUT2D eigenvalue weighted by Crippen LogP contribution is -2.59. The van der Waals surface area contributed by atoms with Crippen molar-refractivity contribution < 1.29 is 0 Å². The summed E-state index contributed by atoms with van der Waals surface area (Å²) >= 11 is 0. The molecule has 3 rings (SSSR count). The van der Waals surface area contributed by atoms with Gasteiger partial charge in [-0.2, -0.15) is 0 Å². The van der Waals surface area contributed by atoms with Crippen LogP contribution in [-0.2, 0) is 6.54 Å². The van der Waals surface area contributed by atoms with Crippen LogP contribution in [0.15, 0.2) is 12.4 Å². The van der Waals surface area contributed by atoms with Gasteiger partial charge in [-0.1, -0.05) is 24.5 Å². The van der Waals surface area contributed by atoms with Gasteiger partial charge in [0.15, 0.2) is 0 Å². The summed E-state index contributed by atoms with van der Waals surface area (Å²) in [5.41, 5.74) is 0.327. The molecule has 5 heteroatoms. The molecule has 1 aromatic heterocycles. The van der Waals surface area contributed by atoms with Gasteiger partial charge in [0.1, 0.15) is 0 Å². The Labute approximate surface area is 115 Å². The minimum Gasteiger partial charge on any atom is -0.304 e. The van der Waals surface area contributed by atoms with Crippen molar-refractivity contribution in [1.29, 1.82) is 0 Å². The second kappa shape index (κ2) is 5.59. The predicted octanol–water partition coefficient (Wildman–Crippen LogP) is 1.23. The number of nitrogens with zero attached hydrogens (tertiary/aromatic N) is 5. The molecule has 2 aliphatic rings. The Bertz CT molecular complexity index is 375. The average molecular weight is 263 g/mol. The van der Waals surface area contributed by atoms with Crippen LogP contribution >= 0.6 is 0 Å². The number of hydrogen-bond acceptors (Lipinski definition) is 4. The average Bonchev–Trinajstić information content (AvgIpc) is 2.93. The van der Waals surface area contributed by atoms with Gasteiger partial charge < -0.3 is 4.90 Å². The number of likely N-dealkylation sites (N-methyl/N-ethyl adjacent to an activating group) is 1. The fourth-order valence-corrected chi connectivity index (χ4v) is 3.68. The topological polar surface area (TPSA) is 37.2 Å². The molecule has 0 unspecified atom stereocenters. The highest BCUT2D eigenvalue weighted by molar-refractivity contribution is 4.95. The van der Waals surface area contributed by atoms with Crippen LogP contribution in [0.3, 0.4) is 0 Å². The van der Waals surface area contributed by atoms with Gasteiger partial charge >= 0.3 is 0 Å². The molecule has 0 N–H and O–H groups in total. The molecule has 19 heavy (non-hydrogen) atoms. The molecular weight excluding hydrogens is 238 g/mol. The third-order valence-corrected chi connectivity index (χ3v) is 4.89. The van der Waals surface area contributed by atoms with Gasteiger partial charge in [0, 0.05) is 37.9 Å². The quantitative estimate of drug-likeness (QED) is 0.822. The van der Waals surface area contributed by atoms with E-state index in [-0.39, 0.29) is 0 Å². The molecular formula is C14H25N5. The zero-order chi connectivity index (χ0) is 13.1. The smallest absolute Gasteiger partial charge is 0.0692 e. The van der Waals surface area contributed by atoms with Gasteiger partial charge in [-0.3, -0.25) is 9.58 Å². The molecule has 0 radical (unpaired) electrons. The molecule has 1 saturated heterocycles. The first-order chi connectivity index (χ1) is 9.28. The van der Waals surface area contributed by atoms with Gasteiger partial charge in [-0.15, -0.1) is 5.10 Å². The minimum atomic E-state index is 0.327. The van der Waals surface area contributed by atoms with Crippen LogP contribution in [0.2, 0.25) is 0 Å². The summed E-state index contributed by atoms with van der Waals surface area (Å²) in [4.78, 5) is 5.16. The number of piperazine rings is 1. The van der Waals surface area contributed by atoms with Crippen LogP contribution in [0.5, 0.6) is 0 Å². The Morgan fingerprint density at radius 1 is 1.05 bits per heavy atom. The molecule has 1 aliphatic carbocycles. The maximum absolute atomic E-state index is 4.19. The number of rotatable bonds is 3. The summed E-state index contributed by atoms with van der Waals surface area (Å²) in [5.74, 6) is 0. The molecule has 0 atom stereocenters. The molecule has 0 spiro atoms. The molecule has 2 heterocycles. The lowest BCUT2D eigenvalue weighted by atomic mass is 9.79. The largest absolute Gasteiger partial charge is 0.304 e. The van der Waals surface area contributed by atoms with Gasteiger partial charge in [0.25, 0.3) is 0 Å². The lowest BCUT2D eigenvalue weighted by Gasteiger charge is -2.49. The summed E-state index contributed by atoms with van der Waals surface area (Å²) < 4.78 is 2.03. The van der Waals surface area contributed by atoms with Crippen LogP contribution < -0.4 is 0 Å². The fraction of sp³-hybridized carbons (Fsp3) is 0.857. The van der Waals surface area contributed by atoms with Gasteiger partial charge in [-0.05, 0) is 19.9 Å². The van der Waals surface area contributed by atoms with Crippen molar-refractivity contribution in [1.82, 2.24) is 24.8 Å². The Morgan fingerprint density at radius 3 is 2.42 bits per heavy atom. The van der Waals surface area contributed by atoms with E-state index in [1.54, 1.807) is 6.20 Å². The van der Waals surface area contributed by atoms with Crippen LogP contribution in [0, 0.1) is 0 Å². The SMILES string of the molecule is CN1CCN(C2(Cn3ccnn3)CCCCC2)CC1. The van der Waals surface area contributed by atoms with E-state index in [1.165, 1.54) is 58.3 Å². The van der Waals surface area contributed by atoms with Crippen LogP contribution in [0.4, 0.5) is 0 Å². The van der Waals surface area contributed by atoms with Crippen molar-refractivity contribution in [2.75, 3.05) is 33.2 Å². The zero-order valence-electron chi connectivity index (χ0n) is 12.0. The Morgan fingerprint density at radius 2 is 1.79 bits per heavy atom. The molecule has 106 valence electrons. The normalized spacial score (nSPS) is 25.5. The van der Waals surface area contributed by atoms with E-state index >= 15 is 0 Å². The van der Waals surface area contributed by atoms with Crippen molar-refractivity contribution in [2.24, 2.45) is 0 Å². The van der Waals surface area contributed by atoms with E-state index in [2.05, 4.69) is 27.2 Å². The van der Waals surface area contributed by atoms with Crippen molar-refractivity contribution in [2.45, 2.75) is 44.2 Å². The molecule has 1 saturated carbocycles. The number of aromatic nitrogens is 3. The second-order valence-corrected chi connectivity index (χ2v) is 6.18. The van der Waals surface area contributed by atoms with Crippen molar-refractivity contribution in [3.8, 4) is 0 Å². The van der Waals surface area contributed by atoms with Crippen molar-refractivity contribution in [3.05, 3.63) is 12.4 Å². The maximum Gasteiger partial charge on any atom is 0.0692 e. The Hall–Kier alpha value is -0.940. The van der Waals surface area contributed by atoms with Gasteiger partial charge in [0.05, 0.1) is 12.7 Å². The number of hydrogen-bond donors (Lipinski definition) is 0. The third kappa shape index (κ3) is 2.82. The fourth-order valence-electron chi connectivity index (χ4n) is 3.68. The van der Waals surface area contributed by atoms with Gasteiger partial charge in [-0.25, -0.2) is 0 Å². The Balaban J connectivity index is 1.75. The zero-order valence-corrected chi connectivity index (χ0v) is 12.0. The first-order valence-electron chi connectivity index (χ1n) is 7.56. The van der Waals surface area contributed by atoms with E-state index in [0.29, 0.717) is 5.54 Å². The van der Waals surface area contributed by atoms with E-state index in [0.717, 1.165) is 6.54 Å². The molecule has 1 aliphatic heterocycles. The monoisotopic (exact) mass is 263 g/mol. The van der Waals surface area contributed by atoms with E-state index in [4.69, 9.17) is 0 Å². The summed E-state index contributed by atoms with van der Waals surface area (Å²) in [6, 6.07) is 0. The molecule has 5 nitrogen and oxygen atoms in total. The van der Waals surface area contributed by atoms with Gasteiger partial charge in [0.2, 0.25) is 0 Å². The van der Waals surface area contributed by atoms with E-state index < -0.39 is 0 Å². The highest BCUT2D eigenvalue weighted by Crippen LogP contribution is 2.35. The van der Waals surface area contributed by atoms with E-state index in [1.807, 2.05) is 10.9 Å². The second-order valence-electron chi connectivity index (χ2n) is 6.18. The van der Waals surface area contributed by atoms with Crippen molar-refractivity contribution >= 4 is 0 Å². The molecule has 0 aromatic carbocycles. The minimum absolute atomic E-state index is 0.327. The highest BCUT2D eigenvalue weighted by atomic mass is 15.4. The van der Waals surface area contributed by atoms with Crippen molar-refractivity contribution in [3.63, 3.8) is 0 Å². The lowest BCUT2D eigenvalue weighted by molar-refractivity contribution is -0.000688. The summed E-state index contributed by atoms with van der Waals surface area (Å²) in [7, 11) is 2.22. The summed E-state index contributed by atoms with van der Waals surface area (Å²) in [6.07, 6.45) is 10.6. The molecule has 0 bridgehead atoms. The first-order valence-corrected chi connectivity index (χ1v) is 7.56. The molecule has 0 amide bonds. The third-order valence-electron chi connectivity index (χ3n) is 4.89. The first kappa shape index (κ1) is 13.1. The van der Waals surface area contributed by atoms with Crippen LogP contribution in [-0.4, -0.2) is 63.6 Å².